The van der Waals surface area contributed by atoms with Crippen LogP contribution < -0.4 is 4.72 Å². The fraction of sp³-hybridized carbons (Fsp3) is 0.111. The van der Waals surface area contributed by atoms with Crippen molar-refractivity contribution in [1.29, 1.82) is 0 Å². The highest BCUT2D eigenvalue weighted by Crippen LogP contribution is 2.29. The highest BCUT2D eigenvalue weighted by molar-refractivity contribution is 9.10. The van der Waals surface area contributed by atoms with Gasteiger partial charge in [-0.1, -0.05) is 27.3 Å². The fourth-order valence-electron chi connectivity index (χ4n) is 1.36. The van der Waals surface area contributed by atoms with Crippen molar-refractivity contribution in [1.82, 2.24) is 10.2 Å². The van der Waals surface area contributed by atoms with Crippen LogP contribution >= 0.6 is 27.3 Å². The van der Waals surface area contributed by atoms with Crippen molar-refractivity contribution in [2.75, 3.05) is 4.72 Å². The van der Waals surface area contributed by atoms with Crippen LogP contribution in [-0.4, -0.2) is 23.5 Å². The number of hydrogen-bond donors (Lipinski definition) is 1. The summed E-state index contributed by atoms with van der Waals surface area (Å²) in [5.74, 6) is 0. The first-order valence-corrected chi connectivity index (χ1v) is 8.16. The summed E-state index contributed by atoms with van der Waals surface area (Å²) >= 11 is 4.12. The van der Waals surface area contributed by atoms with Gasteiger partial charge in [-0.2, -0.15) is 0 Å². The SMILES string of the molecule is Cc1nnc(NS(=O)(=O)c2cc(Br)ccc2[N+](=O)[O-])s1. The summed E-state index contributed by atoms with van der Waals surface area (Å²) in [5.41, 5.74) is -0.512. The Balaban J connectivity index is 2.48. The number of rotatable bonds is 4. The lowest BCUT2D eigenvalue weighted by atomic mass is 10.3. The number of nitro benzene ring substituents is 1. The Morgan fingerprint density at radius 3 is 2.65 bits per heavy atom. The summed E-state index contributed by atoms with van der Waals surface area (Å²) in [6.45, 7) is 1.66. The van der Waals surface area contributed by atoms with Gasteiger partial charge in [-0.05, 0) is 19.1 Å². The summed E-state index contributed by atoms with van der Waals surface area (Å²) < 4.78 is 27.0. The van der Waals surface area contributed by atoms with Gasteiger partial charge in [-0.3, -0.25) is 14.8 Å². The third kappa shape index (κ3) is 3.11. The maximum absolute atomic E-state index is 12.2. The number of benzene rings is 1. The van der Waals surface area contributed by atoms with Crippen LogP contribution in [0.3, 0.4) is 0 Å². The highest BCUT2D eigenvalue weighted by atomic mass is 79.9. The van der Waals surface area contributed by atoms with Gasteiger partial charge in [-0.15, -0.1) is 10.2 Å². The number of anilines is 1. The smallest absolute Gasteiger partial charge is 0.258 e. The molecule has 8 nitrogen and oxygen atoms in total. The van der Waals surface area contributed by atoms with E-state index in [-0.39, 0.29) is 5.13 Å². The van der Waals surface area contributed by atoms with E-state index in [0.717, 1.165) is 23.5 Å². The second-order valence-electron chi connectivity index (χ2n) is 3.60. The Labute approximate surface area is 126 Å². The molecule has 1 aromatic heterocycles. The molecule has 106 valence electrons. The molecule has 0 radical (unpaired) electrons. The van der Waals surface area contributed by atoms with E-state index in [4.69, 9.17) is 0 Å². The number of nitrogens with zero attached hydrogens (tertiary/aromatic N) is 3. The van der Waals surface area contributed by atoms with Crippen molar-refractivity contribution in [3.8, 4) is 0 Å². The minimum Gasteiger partial charge on any atom is -0.258 e. The number of hydrogen-bond acceptors (Lipinski definition) is 7. The molecular weight excluding hydrogens is 372 g/mol. The van der Waals surface area contributed by atoms with Gasteiger partial charge in [0.15, 0.2) is 4.90 Å². The molecule has 0 saturated heterocycles. The second-order valence-corrected chi connectivity index (χ2v) is 7.35. The molecule has 0 bridgehead atoms. The molecule has 0 spiro atoms. The first-order valence-electron chi connectivity index (χ1n) is 5.06. The summed E-state index contributed by atoms with van der Waals surface area (Å²) in [6.07, 6.45) is 0. The van der Waals surface area contributed by atoms with Crippen molar-refractivity contribution in [3.05, 3.63) is 37.8 Å². The van der Waals surface area contributed by atoms with Gasteiger partial charge < -0.3 is 0 Å². The number of nitrogens with one attached hydrogen (secondary N) is 1. The summed E-state index contributed by atoms with van der Waals surface area (Å²) in [7, 11) is -4.11. The Morgan fingerprint density at radius 1 is 1.40 bits per heavy atom. The predicted molar refractivity (Wildman–Crippen MR) is 76.3 cm³/mol. The Kier molecular flexibility index (Phi) is 4.01. The quantitative estimate of drug-likeness (QED) is 0.644. The Hall–Kier alpha value is -1.59. The topological polar surface area (TPSA) is 115 Å². The molecule has 0 aliphatic carbocycles. The van der Waals surface area contributed by atoms with Gasteiger partial charge in [0.05, 0.1) is 4.92 Å². The van der Waals surface area contributed by atoms with Crippen LogP contribution in [0.5, 0.6) is 0 Å². The van der Waals surface area contributed by atoms with Crippen LogP contribution in [0.1, 0.15) is 5.01 Å². The number of aryl methyl sites for hydroxylation is 1. The van der Waals surface area contributed by atoms with Gasteiger partial charge in [-0.25, -0.2) is 8.42 Å². The van der Waals surface area contributed by atoms with E-state index >= 15 is 0 Å². The zero-order chi connectivity index (χ0) is 14.9. The van der Waals surface area contributed by atoms with E-state index < -0.39 is 25.5 Å². The molecule has 1 heterocycles. The molecule has 0 atom stereocenters. The van der Waals surface area contributed by atoms with Crippen LogP contribution in [-0.2, 0) is 10.0 Å². The third-order valence-electron chi connectivity index (χ3n) is 2.16. The monoisotopic (exact) mass is 378 g/mol. The van der Waals surface area contributed by atoms with Crippen LogP contribution in [0.4, 0.5) is 10.8 Å². The number of aromatic nitrogens is 2. The van der Waals surface area contributed by atoms with Crippen LogP contribution in [0.25, 0.3) is 0 Å². The third-order valence-corrected chi connectivity index (χ3v) is 4.90. The van der Waals surface area contributed by atoms with Crippen molar-refractivity contribution in [2.45, 2.75) is 11.8 Å². The number of nitro groups is 1. The lowest BCUT2D eigenvalue weighted by Crippen LogP contribution is -2.14. The van der Waals surface area contributed by atoms with Crippen LogP contribution in [0.15, 0.2) is 27.6 Å². The first-order chi connectivity index (χ1) is 9.29. The Morgan fingerprint density at radius 2 is 2.10 bits per heavy atom. The van der Waals surface area contributed by atoms with E-state index in [0.29, 0.717) is 9.48 Å². The zero-order valence-corrected chi connectivity index (χ0v) is 13.1. The molecule has 11 heteroatoms. The Bertz CT molecular complexity index is 774. The normalized spacial score (nSPS) is 11.3. The average molecular weight is 379 g/mol. The summed E-state index contributed by atoms with van der Waals surface area (Å²) in [4.78, 5) is 9.71. The molecule has 0 aliphatic rings. The minimum atomic E-state index is -4.11. The van der Waals surface area contributed by atoms with Gasteiger partial charge in [0.1, 0.15) is 5.01 Å². The lowest BCUT2D eigenvalue weighted by Gasteiger charge is -2.05. The van der Waals surface area contributed by atoms with Gasteiger partial charge >= 0.3 is 0 Å². The van der Waals surface area contributed by atoms with Gasteiger partial charge in [0, 0.05) is 10.5 Å². The largest absolute Gasteiger partial charge is 0.289 e. The highest BCUT2D eigenvalue weighted by Gasteiger charge is 2.27. The lowest BCUT2D eigenvalue weighted by molar-refractivity contribution is -0.387. The van der Waals surface area contributed by atoms with Crippen LogP contribution in [0.2, 0.25) is 0 Å². The van der Waals surface area contributed by atoms with E-state index in [1.165, 1.54) is 6.07 Å². The average Bonchev–Trinajstić information content (AvgIpc) is 2.73. The van der Waals surface area contributed by atoms with Crippen molar-refractivity contribution >= 4 is 48.1 Å². The molecule has 0 saturated carbocycles. The molecule has 20 heavy (non-hydrogen) atoms. The molecular formula is C9H7BrN4O4S2. The first kappa shape index (κ1) is 14.8. The molecule has 2 rings (SSSR count). The molecule has 1 N–H and O–H groups in total. The number of halogens is 1. The van der Waals surface area contributed by atoms with Crippen LogP contribution in [0, 0.1) is 17.0 Å². The number of sulfonamides is 1. The van der Waals surface area contributed by atoms with E-state index in [1.807, 2.05) is 0 Å². The zero-order valence-electron chi connectivity index (χ0n) is 9.90. The van der Waals surface area contributed by atoms with E-state index in [1.54, 1.807) is 6.92 Å². The predicted octanol–water partition coefficient (Wildman–Crippen LogP) is 2.32. The molecule has 0 amide bonds. The van der Waals surface area contributed by atoms with Gasteiger partial charge in [0.25, 0.3) is 15.7 Å². The van der Waals surface area contributed by atoms with Crippen molar-refractivity contribution < 1.29 is 13.3 Å². The molecule has 0 aliphatic heterocycles. The standard InChI is InChI=1S/C9H7BrN4O4S2/c1-5-11-12-9(19-5)13-20(17,18)8-4-6(10)2-3-7(8)14(15)16/h2-4H,1H3,(H,12,13). The molecule has 0 fully saturated rings. The summed E-state index contributed by atoms with van der Waals surface area (Å²) in [5, 5.41) is 18.8. The molecule has 1 aromatic carbocycles. The minimum absolute atomic E-state index is 0.0526. The second kappa shape index (κ2) is 5.42. The fourth-order valence-corrected chi connectivity index (χ4v) is 3.89. The van der Waals surface area contributed by atoms with E-state index in [9.17, 15) is 18.5 Å². The van der Waals surface area contributed by atoms with Crippen molar-refractivity contribution in [2.24, 2.45) is 0 Å². The summed E-state index contributed by atoms with van der Waals surface area (Å²) in [6, 6.07) is 3.67. The molecule has 0 unspecified atom stereocenters. The molecule has 2 aromatic rings. The maximum atomic E-state index is 12.2. The maximum Gasteiger partial charge on any atom is 0.289 e. The van der Waals surface area contributed by atoms with E-state index in [2.05, 4.69) is 30.8 Å². The van der Waals surface area contributed by atoms with Crippen molar-refractivity contribution in [3.63, 3.8) is 0 Å². The van der Waals surface area contributed by atoms with Gasteiger partial charge in [0.2, 0.25) is 5.13 Å².